The summed E-state index contributed by atoms with van der Waals surface area (Å²) < 4.78 is 4.85. The Hall–Kier alpha value is -2.61. The first-order valence-electron chi connectivity index (χ1n) is 5.39. The summed E-state index contributed by atoms with van der Waals surface area (Å²) in [6.45, 7) is 2.09. The highest BCUT2D eigenvalue weighted by molar-refractivity contribution is 5.91. The quantitative estimate of drug-likeness (QED) is 0.888. The highest BCUT2D eigenvalue weighted by atomic mass is 16.5. The molecule has 5 nitrogen and oxygen atoms in total. The van der Waals surface area contributed by atoms with E-state index in [0.717, 1.165) is 5.56 Å². The molecule has 1 heterocycles. The van der Waals surface area contributed by atoms with Crippen molar-refractivity contribution in [3.8, 4) is 6.07 Å². The third-order valence-electron chi connectivity index (χ3n) is 2.36. The second-order valence-electron chi connectivity index (χ2n) is 3.83. The summed E-state index contributed by atoms with van der Waals surface area (Å²) in [6.07, 6.45) is 0. The lowest BCUT2D eigenvalue weighted by atomic mass is 10.1. The van der Waals surface area contributed by atoms with Crippen molar-refractivity contribution < 1.29 is 9.32 Å². The van der Waals surface area contributed by atoms with Crippen molar-refractivity contribution in [3.63, 3.8) is 0 Å². The van der Waals surface area contributed by atoms with Crippen LogP contribution in [0.3, 0.4) is 0 Å². The third-order valence-corrected chi connectivity index (χ3v) is 2.36. The molecule has 0 saturated carbocycles. The van der Waals surface area contributed by atoms with Crippen LogP contribution in [0.2, 0.25) is 0 Å². The van der Waals surface area contributed by atoms with Crippen molar-refractivity contribution in [2.24, 2.45) is 0 Å². The van der Waals surface area contributed by atoms with Crippen molar-refractivity contribution in [3.05, 3.63) is 52.9 Å². The number of hydrogen-bond donors (Lipinski definition) is 1. The molecule has 1 aromatic heterocycles. The summed E-state index contributed by atoms with van der Waals surface area (Å²) in [5.74, 6) is -0.137. The molecule has 0 unspecified atom stereocenters. The zero-order chi connectivity index (χ0) is 13.0. The highest BCUT2D eigenvalue weighted by Gasteiger charge is 2.10. The molecule has 1 aromatic carbocycles. The SMILES string of the molecule is Cc1cc(C(=O)NCc2cccc(C#N)c2)on1. The number of carbonyl (C=O) groups excluding carboxylic acids is 1. The first-order valence-corrected chi connectivity index (χ1v) is 5.39. The molecule has 1 amide bonds. The van der Waals surface area contributed by atoms with E-state index in [1.807, 2.05) is 12.1 Å². The van der Waals surface area contributed by atoms with Crippen molar-refractivity contribution >= 4 is 5.91 Å². The van der Waals surface area contributed by atoms with Gasteiger partial charge in [-0.2, -0.15) is 5.26 Å². The lowest BCUT2D eigenvalue weighted by molar-refractivity contribution is 0.0914. The van der Waals surface area contributed by atoms with E-state index in [4.69, 9.17) is 9.78 Å². The average Bonchev–Trinajstić information content (AvgIpc) is 2.83. The lowest BCUT2D eigenvalue weighted by Crippen LogP contribution is -2.22. The normalized spacial score (nSPS) is 9.78. The molecule has 90 valence electrons. The fourth-order valence-electron chi connectivity index (χ4n) is 1.49. The molecule has 1 N–H and O–H groups in total. The van der Waals surface area contributed by atoms with Crippen LogP contribution < -0.4 is 5.32 Å². The molecule has 0 aliphatic rings. The number of hydrogen-bond acceptors (Lipinski definition) is 4. The molecule has 0 fully saturated rings. The van der Waals surface area contributed by atoms with Gasteiger partial charge in [0.05, 0.1) is 17.3 Å². The van der Waals surface area contributed by atoms with Crippen LogP contribution in [0, 0.1) is 18.3 Å². The van der Waals surface area contributed by atoms with E-state index in [9.17, 15) is 4.79 Å². The van der Waals surface area contributed by atoms with Gasteiger partial charge in [0.1, 0.15) is 0 Å². The van der Waals surface area contributed by atoms with E-state index < -0.39 is 0 Å². The van der Waals surface area contributed by atoms with Gasteiger partial charge in [0.15, 0.2) is 0 Å². The van der Waals surface area contributed by atoms with E-state index in [2.05, 4.69) is 10.5 Å². The number of benzene rings is 1. The maximum Gasteiger partial charge on any atom is 0.290 e. The Kier molecular flexibility index (Phi) is 3.39. The van der Waals surface area contributed by atoms with Crippen LogP contribution in [0.15, 0.2) is 34.9 Å². The van der Waals surface area contributed by atoms with Gasteiger partial charge in [-0.15, -0.1) is 0 Å². The summed E-state index contributed by atoms with van der Waals surface area (Å²) >= 11 is 0. The largest absolute Gasteiger partial charge is 0.351 e. The molecule has 18 heavy (non-hydrogen) atoms. The predicted octanol–water partition coefficient (Wildman–Crippen LogP) is 1.78. The van der Waals surface area contributed by atoms with Crippen molar-refractivity contribution in [2.45, 2.75) is 13.5 Å². The van der Waals surface area contributed by atoms with Crippen LogP contribution >= 0.6 is 0 Å². The van der Waals surface area contributed by atoms with Gasteiger partial charge in [0.25, 0.3) is 5.91 Å². The topological polar surface area (TPSA) is 78.9 Å². The Morgan fingerprint density at radius 3 is 3.00 bits per heavy atom. The van der Waals surface area contributed by atoms with E-state index in [1.165, 1.54) is 0 Å². The van der Waals surface area contributed by atoms with Crippen LogP contribution in [0.1, 0.15) is 27.4 Å². The second-order valence-corrected chi connectivity index (χ2v) is 3.83. The number of aromatic nitrogens is 1. The van der Waals surface area contributed by atoms with Gasteiger partial charge in [0.2, 0.25) is 5.76 Å². The monoisotopic (exact) mass is 241 g/mol. The number of aryl methyl sites for hydroxylation is 1. The number of carbonyl (C=O) groups is 1. The molecule has 0 saturated heterocycles. The second kappa shape index (κ2) is 5.15. The average molecular weight is 241 g/mol. The van der Waals surface area contributed by atoms with Gasteiger partial charge < -0.3 is 9.84 Å². The molecule has 0 aliphatic carbocycles. The van der Waals surface area contributed by atoms with Crippen molar-refractivity contribution in [2.75, 3.05) is 0 Å². The number of nitriles is 1. The first kappa shape index (κ1) is 11.9. The summed E-state index contributed by atoms with van der Waals surface area (Å²) in [6, 6.07) is 10.7. The van der Waals surface area contributed by atoms with Crippen LogP contribution in [0.5, 0.6) is 0 Å². The van der Waals surface area contributed by atoms with Gasteiger partial charge in [-0.1, -0.05) is 17.3 Å². The summed E-state index contributed by atoms with van der Waals surface area (Å²) in [5, 5.41) is 15.1. The Bertz CT molecular complexity index is 611. The minimum Gasteiger partial charge on any atom is -0.351 e. The summed E-state index contributed by atoms with van der Waals surface area (Å²) in [4.78, 5) is 11.7. The molecule has 0 spiro atoms. The van der Waals surface area contributed by atoms with Gasteiger partial charge >= 0.3 is 0 Å². The fourth-order valence-corrected chi connectivity index (χ4v) is 1.49. The lowest BCUT2D eigenvalue weighted by Gasteiger charge is -2.03. The fraction of sp³-hybridized carbons (Fsp3) is 0.154. The standard InChI is InChI=1S/C13H11N3O2/c1-9-5-12(18-16-9)13(17)15-8-11-4-2-3-10(6-11)7-14/h2-6H,8H2,1H3,(H,15,17). The van der Waals surface area contributed by atoms with Crippen LogP contribution in [-0.2, 0) is 6.54 Å². The molecule has 0 radical (unpaired) electrons. The summed E-state index contributed by atoms with van der Waals surface area (Å²) in [5.41, 5.74) is 2.09. The Labute approximate surface area is 104 Å². The number of amides is 1. The molecule has 2 aromatic rings. The molecule has 0 bridgehead atoms. The Morgan fingerprint density at radius 2 is 2.33 bits per heavy atom. The summed E-state index contributed by atoms with van der Waals surface area (Å²) in [7, 11) is 0. The zero-order valence-electron chi connectivity index (χ0n) is 9.80. The minimum absolute atomic E-state index is 0.184. The Balaban J connectivity index is 1.99. The molecular weight excluding hydrogens is 230 g/mol. The van der Waals surface area contributed by atoms with E-state index in [-0.39, 0.29) is 11.7 Å². The van der Waals surface area contributed by atoms with Crippen LogP contribution in [-0.4, -0.2) is 11.1 Å². The van der Waals surface area contributed by atoms with Crippen molar-refractivity contribution in [1.29, 1.82) is 5.26 Å². The smallest absolute Gasteiger partial charge is 0.290 e. The first-order chi connectivity index (χ1) is 8.69. The third kappa shape index (κ3) is 2.74. The van der Waals surface area contributed by atoms with Crippen LogP contribution in [0.4, 0.5) is 0 Å². The number of rotatable bonds is 3. The van der Waals surface area contributed by atoms with Gasteiger partial charge in [0, 0.05) is 12.6 Å². The molecular formula is C13H11N3O2. The van der Waals surface area contributed by atoms with Gasteiger partial charge in [-0.3, -0.25) is 4.79 Å². The van der Waals surface area contributed by atoms with Crippen molar-refractivity contribution in [1.82, 2.24) is 10.5 Å². The van der Waals surface area contributed by atoms with Gasteiger partial charge in [-0.05, 0) is 24.6 Å². The molecule has 5 heteroatoms. The highest BCUT2D eigenvalue weighted by Crippen LogP contribution is 2.05. The van der Waals surface area contributed by atoms with E-state index in [1.54, 1.807) is 31.2 Å². The van der Waals surface area contributed by atoms with E-state index >= 15 is 0 Å². The molecule has 0 aliphatic heterocycles. The minimum atomic E-state index is -0.321. The number of nitrogens with one attached hydrogen (secondary N) is 1. The predicted molar refractivity (Wildman–Crippen MR) is 63.6 cm³/mol. The zero-order valence-corrected chi connectivity index (χ0v) is 9.80. The maximum absolute atomic E-state index is 11.7. The van der Waals surface area contributed by atoms with Gasteiger partial charge in [-0.25, -0.2) is 0 Å². The maximum atomic E-state index is 11.7. The number of nitrogens with zero attached hydrogens (tertiary/aromatic N) is 2. The van der Waals surface area contributed by atoms with E-state index in [0.29, 0.717) is 17.8 Å². The molecule has 2 rings (SSSR count). The molecule has 0 atom stereocenters. The van der Waals surface area contributed by atoms with Crippen LogP contribution in [0.25, 0.3) is 0 Å². The Morgan fingerprint density at radius 1 is 1.50 bits per heavy atom.